The molecule has 2 N–H and O–H groups in total. The van der Waals surface area contributed by atoms with Gasteiger partial charge in [-0.3, -0.25) is 0 Å². The summed E-state index contributed by atoms with van der Waals surface area (Å²) < 4.78 is 40.3. The minimum atomic E-state index is -4.66. The van der Waals surface area contributed by atoms with E-state index in [2.05, 4.69) is 15.4 Å². The van der Waals surface area contributed by atoms with Crippen molar-refractivity contribution in [3.63, 3.8) is 0 Å². The molecule has 0 fully saturated rings. The van der Waals surface area contributed by atoms with Gasteiger partial charge in [0.15, 0.2) is 0 Å². The van der Waals surface area contributed by atoms with Crippen molar-refractivity contribution >= 4 is 11.4 Å². The number of benzene rings is 1. The van der Waals surface area contributed by atoms with Gasteiger partial charge in [0.25, 0.3) is 0 Å². The maximum absolute atomic E-state index is 12.1. The first-order valence-corrected chi connectivity index (χ1v) is 5.44. The first-order valence-electron chi connectivity index (χ1n) is 5.44. The highest BCUT2D eigenvalue weighted by Gasteiger charge is 2.32. The normalized spacial score (nSPS) is 18.5. The molecule has 1 unspecified atom stereocenters. The third-order valence-electron chi connectivity index (χ3n) is 2.77. The van der Waals surface area contributed by atoms with Crippen molar-refractivity contribution in [1.29, 1.82) is 0 Å². The minimum absolute atomic E-state index is 0.0196. The van der Waals surface area contributed by atoms with Crippen LogP contribution in [0.25, 0.3) is 0 Å². The van der Waals surface area contributed by atoms with Gasteiger partial charge >= 0.3 is 6.36 Å². The Bertz CT molecular complexity index is 436. The number of hydrogen-bond donors (Lipinski definition) is 2. The highest BCUT2D eigenvalue weighted by molar-refractivity contribution is 5.77. The molecule has 1 aromatic carbocycles. The lowest BCUT2D eigenvalue weighted by atomic mass is 10.2. The van der Waals surface area contributed by atoms with Crippen molar-refractivity contribution in [2.45, 2.75) is 12.5 Å². The van der Waals surface area contributed by atoms with Crippen LogP contribution in [0.2, 0.25) is 0 Å². The third-order valence-corrected chi connectivity index (χ3v) is 2.77. The predicted molar refractivity (Wildman–Crippen MR) is 62.9 cm³/mol. The van der Waals surface area contributed by atoms with E-state index in [1.807, 2.05) is 19.0 Å². The van der Waals surface area contributed by atoms with Crippen LogP contribution in [0.15, 0.2) is 18.2 Å². The van der Waals surface area contributed by atoms with Crippen molar-refractivity contribution in [2.75, 3.05) is 30.9 Å². The highest BCUT2D eigenvalue weighted by atomic mass is 19.4. The largest absolute Gasteiger partial charge is 0.573 e. The number of fused-ring (bicyclic) bond motifs is 1. The van der Waals surface area contributed by atoms with Gasteiger partial charge in [0, 0.05) is 19.7 Å². The molecular weight excluding hydrogens is 247 g/mol. The maximum Gasteiger partial charge on any atom is 0.573 e. The molecule has 0 saturated heterocycles. The standard InChI is InChI=1S/C11H14F3N3O/c1-15-6-10-16-8-4-3-7(18-11(12,13)14)5-9(8)17(10)2/h3-5,10,15-16H,6H2,1-2H3. The molecule has 100 valence electrons. The van der Waals surface area contributed by atoms with Crippen LogP contribution in [0.4, 0.5) is 24.5 Å². The van der Waals surface area contributed by atoms with Crippen molar-refractivity contribution in [3.05, 3.63) is 18.2 Å². The molecule has 18 heavy (non-hydrogen) atoms. The number of nitrogens with zero attached hydrogens (tertiary/aromatic N) is 1. The van der Waals surface area contributed by atoms with E-state index < -0.39 is 6.36 Å². The summed E-state index contributed by atoms with van der Waals surface area (Å²) in [6.45, 7) is 0.681. The Labute approximate surface area is 103 Å². The smallest absolute Gasteiger partial charge is 0.406 e. The van der Waals surface area contributed by atoms with E-state index in [0.717, 1.165) is 5.69 Å². The Kier molecular flexibility index (Phi) is 3.25. The van der Waals surface area contributed by atoms with Gasteiger partial charge in [-0.25, -0.2) is 0 Å². The molecule has 0 aromatic heterocycles. The van der Waals surface area contributed by atoms with E-state index in [-0.39, 0.29) is 11.9 Å². The van der Waals surface area contributed by atoms with Gasteiger partial charge in [0.2, 0.25) is 0 Å². The van der Waals surface area contributed by atoms with Crippen molar-refractivity contribution < 1.29 is 17.9 Å². The number of hydrogen-bond acceptors (Lipinski definition) is 4. The average Bonchev–Trinajstić information content (AvgIpc) is 2.55. The van der Waals surface area contributed by atoms with Crippen LogP contribution < -0.4 is 20.3 Å². The zero-order chi connectivity index (χ0) is 13.3. The summed E-state index contributed by atoms with van der Waals surface area (Å²) in [4.78, 5) is 1.87. The number of rotatable bonds is 3. The lowest BCUT2D eigenvalue weighted by molar-refractivity contribution is -0.274. The first-order chi connectivity index (χ1) is 8.40. The predicted octanol–water partition coefficient (Wildman–Crippen LogP) is 1.99. The second-order valence-corrected chi connectivity index (χ2v) is 4.06. The van der Waals surface area contributed by atoms with E-state index in [1.165, 1.54) is 12.1 Å². The lowest BCUT2D eigenvalue weighted by Gasteiger charge is -2.21. The van der Waals surface area contributed by atoms with E-state index in [9.17, 15) is 13.2 Å². The molecule has 0 aliphatic carbocycles. The molecule has 0 radical (unpaired) electrons. The van der Waals surface area contributed by atoms with Crippen LogP contribution in [0.5, 0.6) is 5.75 Å². The summed E-state index contributed by atoms with van der Waals surface area (Å²) >= 11 is 0. The fourth-order valence-electron chi connectivity index (χ4n) is 1.95. The molecule has 4 nitrogen and oxygen atoms in total. The number of halogens is 3. The van der Waals surface area contributed by atoms with Crippen LogP contribution >= 0.6 is 0 Å². The van der Waals surface area contributed by atoms with Crippen LogP contribution in [0, 0.1) is 0 Å². The van der Waals surface area contributed by atoms with Gasteiger partial charge in [-0.15, -0.1) is 13.2 Å². The Balaban J connectivity index is 2.19. The van der Waals surface area contributed by atoms with Crippen LogP contribution in [-0.2, 0) is 0 Å². The monoisotopic (exact) mass is 261 g/mol. The molecule has 0 amide bonds. The third kappa shape index (κ3) is 2.61. The fraction of sp³-hybridized carbons (Fsp3) is 0.455. The summed E-state index contributed by atoms with van der Waals surface area (Å²) in [6.07, 6.45) is -4.64. The van der Waals surface area contributed by atoms with E-state index in [4.69, 9.17) is 0 Å². The topological polar surface area (TPSA) is 36.5 Å². The van der Waals surface area contributed by atoms with E-state index >= 15 is 0 Å². The highest BCUT2D eigenvalue weighted by Crippen LogP contribution is 2.37. The van der Waals surface area contributed by atoms with Crippen molar-refractivity contribution in [3.8, 4) is 5.75 Å². The summed E-state index contributed by atoms with van der Waals surface area (Å²) in [7, 11) is 3.63. The molecule has 1 aliphatic heterocycles. The minimum Gasteiger partial charge on any atom is -0.406 e. The van der Waals surface area contributed by atoms with Crippen molar-refractivity contribution in [1.82, 2.24) is 5.32 Å². The molecule has 1 atom stereocenters. The molecule has 1 aromatic rings. The number of anilines is 2. The zero-order valence-corrected chi connectivity index (χ0v) is 10.0. The summed E-state index contributed by atoms with van der Waals surface area (Å²) in [5.74, 6) is -0.208. The Morgan fingerprint density at radius 3 is 2.78 bits per heavy atom. The molecule has 7 heteroatoms. The van der Waals surface area contributed by atoms with Gasteiger partial charge < -0.3 is 20.3 Å². The lowest BCUT2D eigenvalue weighted by Crippen LogP contribution is -2.40. The summed E-state index contributed by atoms with van der Waals surface area (Å²) in [5, 5.41) is 6.21. The molecular formula is C11H14F3N3O. The summed E-state index contributed by atoms with van der Waals surface area (Å²) in [5.41, 5.74) is 1.49. The summed E-state index contributed by atoms with van der Waals surface area (Å²) in [6, 6.07) is 4.27. The van der Waals surface area contributed by atoms with E-state index in [1.54, 1.807) is 6.07 Å². The van der Waals surface area contributed by atoms with Gasteiger partial charge in [0.1, 0.15) is 11.9 Å². The number of likely N-dealkylation sites (N-methyl/N-ethyl adjacent to an activating group) is 2. The van der Waals surface area contributed by atoms with Crippen LogP contribution in [0.3, 0.4) is 0 Å². The Hall–Kier alpha value is -1.63. The molecule has 0 spiro atoms. The second-order valence-electron chi connectivity index (χ2n) is 4.06. The second kappa shape index (κ2) is 4.56. The number of alkyl halides is 3. The maximum atomic E-state index is 12.1. The molecule has 0 bridgehead atoms. The zero-order valence-electron chi connectivity index (χ0n) is 10.0. The molecule has 1 heterocycles. The van der Waals surface area contributed by atoms with Crippen molar-refractivity contribution in [2.24, 2.45) is 0 Å². The average molecular weight is 261 g/mol. The number of ether oxygens (including phenoxy) is 1. The molecule has 1 aliphatic rings. The number of nitrogens with one attached hydrogen (secondary N) is 2. The Morgan fingerprint density at radius 1 is 1.44 bits per heavy atom. The SMILES string of the molecule is CNCC1Nc2ccc(OC(F)(F)F)cc2N1C. The molecule has 2 rings (SSSR count). The van der Waals surface area contributed by atoms with Gasteiger partial charge in [-0.1, -0.05) is 0 Å². The van der Waals surface area contributed by atoms with E-state index in [0.29, 0.717) is 12.2 Å². The molecule has 0 saturated carbocycles. The van der Waals surface area contributed by atoms with Gasteiger partial charge in [0.05, 0.1) is 11.4 Å². The van der Waals surface area contributed by atoms with Crippen LogP contribution in [0.1, 0.15) is 0 Å². The fourth-order valence-corrected chi connectivity index (χ4v) is 1.95. The quantitative estimate of drug-likeness (QED) is 0.872. The van der Waals surface area contributed by atoms with Crippen LogP contribution in [-0.4, -0.2) is 33.2 Å². The first kappa shape index (κ1) is 12.8. The van der Waals surface area contributed by atoms with Gasteiger partial charge in [-0.05, 0) is 19.2 Å². The van der Waals surface area contributed by atoms with Gasteiger partial charge in [-0.2, -0.15) is 0 Å². The Morgan fingerprint density at radius 2 is 2.17 bits per heavy atom.